The summed E-state index contributed by atoms with van der Waals surface area (Å²) in [7, 11) is 0. The van der Waals surface area contributed by atoms with E-state index >= 15 is 0 Å². The lowest BCUT2D eigenvalue weighted by Crippen LogP contribution is -2.33. The SMILES string of the molecule is C[C@@H](Cc1ccccc1)N[C@H]1Cc2cc(Cl)ccc2Sc2ccccc21. The molecule has 4 rings (SSSR count). The van der Waals surface area contributed by atoms with Crippen LogP contribution in [0.4, 0.5) is 0 Å². The molecule has 1 nitrogen and oxygen atoms in total. The maximum absolute atomic E-state index is 6.27. The van der Waals surface area contributed by atoms with Gasteiger partial charge in [0.05, 0.1) is 0 Å². The molecule has 1 aliphatic rings. The molecule has 0 unspecified atom stereocenters. The third kappa shape index (κ3) is 3.98. The summed E-state index contributed by atoms with van der Waals surface area (Å²) in [5, 5.41) is 4.68. The standard InChI is InChI=1S/C23H22ClNS/c1-16(13-17-7-3-2-4-8-17)25-21-15-18-14-19(24)11-12-22(18)26-23-10-6-5-9-20(21)23/h2-12,14,16,21,25H,13,15H2,1H3/t16-,21-/m0/s1. The third-order valence-corrected chi connectivity index (χ3v) is 6.28. The predicted molar refractivity (Wildman–Crippen MR) is 111 cm³/mol. The number of rotatable bonds is 4. The van der Waals surface area contributed by atoms with Crippen molar-refractivity contribution >= 4 is 23.4 Å². The minimum Gasteiger partial charge on any atom is -0.307 e. The van der Waals surface area contributed by atoms with Gasteiger partial charge in [0.15, 0.2) is 0 Å². The quantitative estimate of drug-likeness (QED) is 0.570. The van der Waals surface area contributed by atoms with E-state index < -0.39 is 0 Å². The van der Waals surface area contributed by atoms with Crippen molar-refractivity contribution in [3.63, 3.8) is 0 Å². The molecular formula is C23H22ClNS. The second kappa shape index (κ2) is 7.87. The van der Waals surface area contributed by atoms with E-state index in [4.69, 9.17) is 11.6 Å². The smallest absolute Gasteiger partial charge is 0.0409 e. The van der Waals surface area contributed by atoms with Crippen LogP contribution in [0.3, 0.4) is 0 Å². The van der Waals surface area contributed by atoms with E-state index in [2.05, 4.69) is 79.0 Å². The van der Waals surface area contributed by atoms with Crippen LogP contribution in [0.2, 0.25) is 5.02 Å². The molecule has 1 aliphatic heterocycles. The van der Waals surface area contributed by atoms with E-state index in [0.29, 0.717) is 6.04 Å². The van der Waals surface area contributed by atoms with Gasteiger partial charge < -0.3 is 5.32 Å². The van der Waals surface area contributed by atoms with E-state index in [9.17, 15) is 0 Å². The minimum atomic E-state index is 0.289. The van der Waals surface area contributed by atoms with Gasteiger partial charge in [0.25, 0.3) is 0 Å². The molecule has 0 spiro atoms. The van der Waals surface area contributed by atoms with Crippen LogP contribution >= 0.6 is 23.4 Å². The molecule has 1 heterocycles. The summed E-state index contributed by atoms with van der Waals surface area (Å²) in [6.45, 7) is 2.27. The largest absolute Gasteiger partial charge is 0.307 e. The van der Waals surface area contributed by atoms with Crippen LogP contribution < -0.4 is 5.32 Å². The van der Waals surface area contributed by atoms with Crippen LogP contribution in [-0.4, -0.2) is 6.04 Å². The lowest BCUT2D eigenvalue weighted by molar-refractivity contribution is 0.446. The van der Waals surface area contributed by atoms with Crippen molar-refractivity contribution < 1.29 is 0 Å². The van der Waals surface area contributed by atoms with Crippen molar-refractivity contribution in [1.29, 1.82) is 0 Å². The Hall–Kier alpha value is -1.74. The van der Waals surface area contributed by atoms with Gasteiger partial charge in [-0.15, -0.1) is 0 Å². The first kappa shape index (κ1) is 17.7. The maximum atomic E-state index is 6.27. The zero-order valence-electron chi connectivity index (χ0n) is 14.8. The van der Waals surface area contributed by atoms with Crippen molar-refractivity contribution in [2.24, 2.45) is 0 Å². The molecule has 0 aliphatic carbocycles. The third-order valence-electron chi connectivity index (χ3n) is 4.83. The zero-order chi connectivity index (χ0) is 17.9. The molecular weight excluding hydrogens is 358 g/mol. The topological polar surface area (TPSA) is 12.0 Å². The van der Waals surface area contributed by atoms with E-state index in [1.54, 1.807) is 0 Å². The summed E-state index contributed by atoms with van der Waals surface area (Å²) in [6.07, 6.45) is 1.98. The number of hydrogen-bond donors (Lipinski definition) is 1. The van der Waals surface area contributed by atoms with Crippen LogP contribution in [0.1, 0.15) is 29.7 Å². The van der Waals surface area contributed by atoms with Gasteiger partial charge in [0.2, 0.25) is 0 Å². The first-order valence-electron chi connectivity index (χ1n) is 9.04. The number of halogens is 1. The maximum Gasteiger partial charge on any atom is 0.0409 e. The lowest BCUT2D eigenvalue weighted by Gasteiger charge is -2.24. The molecule has 1 N–H and O–H groups in total. The summed E-state index contributed by atoms with van der Waals surface area (Å²) >= 11 is 8.12. The fourth-order valence-electron chi connectivity index (χ4n) is 3.64. The predicted octanol–water partition coefficient (Wildman–Crippen LogP) is 6.31. The molecule has 0 saturated heterocycles. The van der Waals surface area contributed by atoms with Gasteiger partial charge in [-0.2, -0.15) is 0 Å². The number of fused-ring (bicyclic) bond motifs is 2. The van der Waals surface area contributed by atoms with Gasteiger partial charge in [0.1, 0.15) is 0 Å². The number of hydrogen-bond acceptors (Lipinski definition) is 2. The summed E-state index contributed by atoms with van der Waals surface area (Å²) in [5.41, 5.74) is 4.07. The van der Waals surface area contributed by atoms with Gasteiger partial charge in [-0.1, -0.05) is 71.9 Å². The monoisotopic (exact) mass is 379 g/mol. The average molecular weight is 380 g/mol. The van der Waals surface area contributed by atoms with E-state index in [1.165, 1.54) is 26.5 Å². The van der Waals surface area contributed by atoms with Crippen LogP contribution in [-0.2, 0) is 12.8 Å². The highest BCUT2D eigenvalue weighted by molar-refractivity contribution is 7.99. The Balaban J connectivity index is 1.61. The van der Waals surface area contributed by atoms with Gasteiger partial charge in [-0.05, 0) is 60.7 Å². The Labute approximate surface area is 164 Å². The van der Waals surface area contributed by atoms with Crippen LogP contribution in [0.25, 0.3) is 0 Å². The van der Waals surface area contributed by atoms with E-state index in [0.717, 1.165) is 17.9 Å². The average Bonchev–Trinajstić information content (AvgIpc) is 2.79. The molecule has 0 saturated carbocycles. The fraction of sp³-hybridized carbons (Fsp3) is 0.217. The second-order valence-corrected chi connectivity index (χ2v) is 8.43. The van der Waals surface area contributed by atoms with Gasteiger partial charge >= 0.3 is 0 Å². The molecule has 0 aromatic heterocycles. The Morgan fingerprint density at radius 2 is 1.77 bits per heavy atom. The number of nitrogens with one attached hydrogen (secondary N) is 1. The van der Waals surface area contributed by atoms with Crippen LogP contribution in [0.15, 0.2) is 82.6 Å². The van der Waals surface area contributed by atoms with Crippen molar-refractivity contribution in [3.8, 4) is 0 Å². The molecule has 2 atom stereocenters. The van der Waals surface area contributed by atoms with Crippen molar-refractivity contribution in [1.82, 2.24) is 5.32 Å². The Morgan fingerprint density at radius 3 is 2.62 bits per heavy atom. The van der Waals surface area contributed by atoms with Gasteiger partial charge in [-0.3, -0.25) is 0 Å². The van der Waals surface area contributed by atoms with Crippen LogP contribution in [0.5, 0.6) is 0 Å². The molecule has 0 fully saturated rings. The molecule has 26 heavy (non-hydrogen) atoms. The Kier molecular flexibility index (Phi) is 5.35. The molecule has 0 amide bonds. The first-order chi connectivity index (χ1) is 12.7. The summed E-state index contributed by atoms with van der Waals surface area (Å²) < 4.78 is 0. The molecule has 0 bridgehead atoms. The highest BCUT2D eigenvalue weighted by Crippen LogP contribution is 2.41. The normalized spacial score (nSPS) is 17.1. The van der Waals surface area contributed by atoms with Gasteiger partial charge in [-0.25, -0.2) is 0 Å². The van der Waals surface area contributed by atoms with E-state index in [1.807, 2.05) is 17.8 Å². The molecule has 132 valence electrons. The zero-order valence-corrected chi connectivity index (χ0v) is 16.4. The fourth-order valence-corrected chi connectivity index (χ4v) is 4.95. The molecule has 3 aromatic carbocycles. The highest BCUT2D eigenvalue weighted by Gasteiger charge is 2.23. The summed E-state index contributed by atoms with van der Waals surface area (Å²) in [4.78, 5) is 2.64. The Bertz CT molecular complexity index is 894. The van der Waals surface area contributed by atoms with E-state index in [-0.39, 0.29) is 6.04 Å². The van der Waals surface area contributed by atoms with Crippen molar-refractivity contribution in [3.05, 3.63) is 94.5 Å². The molecule has 3 aromatic rings. The minimum absolute atomic E-state index is 0.289. The van der Waals surface area contributed by atoms with Crippen molar-refractivity contribution in [2.45, 2.75) is 41.6 Å². The second-order valence-electron chi connectivity index (χ2n) is 6.91. The molecule has 3 heteroatoms. The van der Waals surface area contributed by atoms with Crippen molar-refractivity contribution in [2.75, 3.05) is 0 Å². The Morgan fingerprint density at radius 1 is 1.00 bits per heavy atom. The molecule has 0 radical (unpaired) electrons. The number of benzene rings is 3. The summed E-state index contributed by atoms with van der Waals surface area (Å²) in [5.74, 6) is 0. The lowest BCUT2D eigenvalue weighted by atomic mass is 9.97. The van der Waals surface area contributed by atoms with Gasteiger partial charge in [0, 0.05) is 26.9 Å². The highest BCUT2D eigenvalue weighted by atomic mass is 35.5. The summed E-state index contributed by atoms with van der Waals surface area (Å²) in [6, 6.07) is 26.4. The van der Waals surface area contributed by atoms with Crippen LogP contribution in [0, 0.1) is 0 Å². The first-order valence-corrected chi connectivity index (χ1v) is 10.2.